The van der Waals surface area contributed by atoms with Gasteiger partial charge in [-0.15, -0.1) is 11.3 Å². The maximum absolute atomic E-state index is 11.4. The summed E-state index contributed by atoms with van der Waals surface area (Å²) < 4.78 is 10.1. The molecule has 3 nitrogen and oxygen atoms in total. The molecule has 4 heteroatoms. The third-order valence-corrected chi connectivity index (χ3v) is 3.99. The maximum Gasteiger partial charge on any atom is 0.306 e. The van der Waals surface area contributed by atoms with E-state index in [2.05, 4.69) is 11.4 Å². The van der Waals surface area contributed by atoms with Crippen molar-refractivity contribution in [1.29, 1.82) is 0 Å². The van der Waals surface area contributed by atoms with Gasteiger partial charge in [0.25, 0.3) is 0 Å². The molecule has 0 N–H and O–H groups in total. The molecule has 0 aliphatic carbocycles. The second-order valence-corrected chi connectivity index (χ2v) is 5.29. The summed E-state index contributed by atoms with van der Waals surface area (Å²) in [5, 5.41) is 2.06. The molecule has 1 aromatic heterocycles. The Kier molecular flexibility index (Phi) is 5.18. The number of rotatable bonds is 6. The van der Waals surface area contributed by atoms with E-state index in [1.54, 1.807) is 18.4 Å². The van der Waals surface area contributed by atoms with E-state index in [9.17, 15) is 4.79 Å². The minimum absolute atomic E-state index is 0.137. The zero-order valence-corrected chi connectivity index (χ0v) is 12.5. The predicted octanol–water partition coefficient (Wildman–Crippen LogP) is 3.92. The van der Waals surface area contributed by atoms with Crippen LogP contribution in [0.15, 0.2) is 35.7 Å². The van der Waals surface area contributed by atoms with E-state index in [-0.39, 0.29) is 5.97 Å². The summed E-state index contributed by atoms with van der Waals surface area (Å²) in [5.74, 6) is 0.707. The molecule has 0 unspecified atom stereocenters. The molecule has 2 rings (SSSR count). The van der Waals surface area contributed by atoms with E-state index in [1.807, 2.05) is 31.2 Å². The fourth-order valence-electron chi connectivity index (χ4n) is 2.01. The van der Waals surface area contributed by atoms with Crippen molar-refractivity contribution in [3.63, 3.8) is 0 Å². The highest BCUT2D eigenvalue weighted by Crippen LogP contribution is 2.30. The molecule has 0 fully saturated rings. The van der Waals surface area contributed by atoms with Gasteiger partial charge in [-0.2, -0.15) is 0 Å². The van der Waals surface area contributed by atoms with Crippen LogP contribution in [0.5, 0.6) is 5.75 Å². The van der Waals surface area contributed by atoms with Gasteiger partial charge in [-0.25, -0.2) is 0 Å². The van der Waals surface area contributed by atoms with E-state index in [4.69, 9.17) is 9.47 Å². The summed E-state index contributed by atoms with van der Waals surface area (Å²) in [6.07, 6.45) is 1.15. The lowest BCUT2D eigenvalue weighted by Crippen LogP contribution is -2.04. The van der Waals surface area contributed by atoms with E-state index < -0.39 is 0 Å². The summed E-state index contributed by atoms with van der Waals surface area (Å²) in [6, 6.07) is 10.1. The number of aryl methyl sites for hydroxylation is 1. The summed E-state index contributed by atoms with van der Waals surface area (Å²) in [6.45, 7) is 2.26. The monoisotopic (exact) mass is 290 g/mol. The average Bonchev–Trinajstić information content (AvgIpc) is 2.94. The van der Waals surface area contributed by atoms with E-state index >= 15 is 0 Å². The van der Waals surface area contributed by atoms with Gasteiger partial charge in [0.2, 0.25) is 0 Å². The lowest BCUT2D eigenvalue weighted by Gasteiger charge is -2.06. The summed E-state index contributed by atoms with van der Waals surface area (Å²) in [5.41, 5.74) is 2.33. The van der Waals surface area contributed by atoms with E-state index in [0.717, 1.165) is 17.7 Å². The molecular weight excluding hydrogens is 272 g/mol. The number of carbonyl (C=O) groups is 1. The van der Waals surface area contributed by atoms with Crippen LogP contribution in [0.25, 0.3) is 11.1 Å². The zero-order chi connectivity index (χ0) is 14.4. The Hall–Kier alpha value is -1.81. The van der Waals surface area contributed by atoms with Crippen molar-refractivity contribution in [3.05, 3.63) is 40.6 Å². The first-order valence-corrected chi connectivity index (χ1v) is 7.49. The van der Waals surface area contributed by atoms with Crippen molar-refractivity contribution >= 4 is 17.3 Å². The highest BCUT2D eigenvalue weighted by atomic mass is 32.1. The minimum atomic E-state index is -0.137. The zero-order valence-electron chi connectivity index (χ0n) is 11.7. The van der Waals surface area contributed by atoms with Gasteiger partial charge < -0.3 is 9.47 Å². The third-order valence-electron chi connectivity index (χ3n) is 3.01. The molecule has 0 saturated heterocycles. The lowest BCUT2D eigenvalue weighted by molar-refractivity contribution is -0.143. The van der Waals surface area contributed by atoms with Crippen LogP contribution in [0.2, 0.25) is 0 Å². The number of hydrogen-bond donors (Lipinski definition) is 0. The van der Waals surface area contributed by atoms with Gasteiger partial charge in [0, 0.05) is 4.88 Å². The van der Waals surface area contributed by atoms with Crippen LogP contribution in [0.1, 0.15) is 18.2 Å². The molecule has 0 radical (unpaired) electrons. The third kappa shape index (κ3) is 3.61. The molecule has 1 heterocycles. The number of ether oxygens (including phenoxy) is 2. The van der Waals surface area contributed by atoms with Gasteiger partial charge in [0.1, 0.15) is 5.75 Å². The second kappa shape index (κ2) is 7.10. The first kappa shape index (κ1) is 14.6. The Morgan fingerprint density at radius 2 is 1.95 bits per heavy atom. The van der Waals surface area contributed by atoms with Crippen LogP contribution in [0.4, 0.5) is 0 Å². The first-order valence-electron chi connectivity index (χ1n) is 6.61. The number of benzene rings is 1. The predicted molar refractivity (Wildman–Crippen MR) is 81.3 cm³/mol. The SMILES string of the molecule is CCOC(=O)CCc1sccc1-c1ccc(OC)cc1. The fraction of sp³-hybridized carbons (Fsp3) is 0.312. The van der Waals surface area contributed by atoms with Crippen LogP contribution < -0.4 is 4.74 Å². The maximum atomic E-state index is 11.4. The number of carbonyl (C=O) groups excluding carboxylic acids is 1. The molecule has 0 bridgehead atoms. The second-order valence-electron chi connectivity index (χ2n) is 4.29. The topological polar surface area (TPSA) is 35.5 Å². The molecule has 0 atom stereocenters. The van der Waals surface area contributed by atoms with Gasteiger partial charge >= 0.3 is 5.97 Å². The number of esters is 1. The molecular formula is C16H18O3S. The Balaban J connectivity index is 2.09. The Morgan fingerprint density at radius 3 is 2.60 bits per heavy atom. The van der Waals surface area contributed by atoms with Gasteiger partial charge in [0.05, 0.1) is 20.1 Å². The van der Waals surface area contributed by atoms with Crippen LogP contribution in [0.3, 0.4) is 0 Å². The molecule has 0 saturated carbocycles. The number of methoxy groups -OCH3 is 1. The van der Waals surface area contributed by atoms with Crippen molar-refractivity contribution in [2.75, 3.05) is 13.7 Å². The molecule has 0 aliphatic heterocycles. The highest BCUT2D eigenvalue weighted by molar-refractivity contribution is 7.10. The van der Waals surface area contributed by atoms with Crippen molar-refractivity contribution in [3.8, 4) is 16.9 Å². The Morgan fingerprint density at radius 1 is 1.20 bits per heavy atom. The van der Waals surface area contributed by atoms with E-state index in [0.29, 0.717) is 13.0 Å². The minimum Gasteiger partial charge on any atom is -0.497 e. The number of thiophene rings is 1. The van der Waals surface area contributed by atoms with Crippen LogP contribution in [0, 0.1) is 0 Å². The Bertz CT molecular complexity index is 557. The number of hydrogen-bond acceptors (Lipinski definition) is 4. The standard InChI is InChI=1S/C16H18O3S/c1-3-19-16(17)9-8-15-14(10-11-20-15)12-4-6-13(18-2)7-5-12/h4-7,10-11H,3,8-9H2,1-2H3. The van der Waals surface area contributed by atoms with Gasteiger partial charge in [-0.3, -0.25) is 4.79 Å². The molecule has 0 amide bonds. The van der Waals surface area contributed by atoms with Crippen molar-refractivity contribution in [2.45, 2.75) is 19.8 Å². The first-order chi connectivity index (χ1) is 9.74. The van der Waals surface area contributed by atoms with Gasteiger partial charge in [0.15, 0.2) is 0 Å². The molecule has 20 heavy (non-hydrogen) atoms. The normalized spacial score (nSPS) is 10.3. The summed E-state index contributed by atoms with van der Waals surface area (Å²) in [4.78, 5) is 12.6. The largest absolute Gasteiger partial charge is 0.497 e. The molecule has 106 valence electrons. The fourth-order valence-corrected chi connectivity index (χ4v) is 2.91. The van der Waals surface area contributed by atoms with Crippen LogP contribution in [-0.2, 0) is 16.0 Å². The lowest BCUT2D eigenvalue weighted by atomic mass is 10.0. The average molecular weight is 290 g/mol. The Labute approximate surface area is 123 Å². The molecule has 1 aromatic carbocycles. The highest BCUT2D eigenvalue weighted by Gasteiger charge is 2.10. The van der Waals surface area contributed by atoms with Crippen molar-refractivity contribution in [2.24, 2.45) is 0 Å². The molecule has 0 spiro atoms. The van der Waals surface area contributed by atoms with Gasteiger partial charge in [-0.1, -0.05) is 12.1 Å². The smallest absolute Gasteiger partial charge is 0.306 e. The summed E-state index contributed by atoms with van der Waals surface area (Å²) >= 11 is 1.68. The van der Waals surface area contributed by atoms with E-state index in [1.165, 1.54) is 10.4 Å². The van der Waals surface area contributed by atoms with Crippen LogP contribution in [-0.4, -0.2) is 19.7 Å². The van der Waals surface area contributed by atoms with Crippen LogP contribution >= 0.6 is 11.3 Å². The molecule has 0 aliphatic rings. The van der Waals surface area contributed by atoms with Crippen molar-refractivity contribution < 1.29 is 14.3 Å². The molecule has 2 aromatic rings. The van der Waals surface area contributed by atoms with Gasteiger partial charge in [-0.05, 0) is 48.1 Å². The van der Waals surface area contributed by atoms with Crippen molar-refractivity contribution in [1.82, 2.24) is 0 Å². The quantitative estimate of drug-likeness (QED) is 0.756. The summed E-state index contributed by atoms with van der Waals surface area (Å²) in [7, 11) is 1.66.